The number of ether oxygens (including phenoxy) is 2. The lowest BCUT2D eigenvalue weighted by Crippen LogP contribution is -2.68. The van der Waals surface area contributed by atoms with E-state index in [-0.39, 0.29) is 24.2 Å². The van der Waals surface area contributed by atoms with Crippen molar-refractivity contribution in [1.82, 2.24) is 0 Å². The fourth-order valence-corrected chi connectivity index (χ4v) is 6.39. The summed E-state index contributed by atoms with van der Waals surface area (Å²) in [5.74, 6) is -1.26. The van der Waals surface area contributed by atoms with Crippen LogP contribution in [0.2, 0.25) is 0 Å². The standard InChI is InChI=1S/C21H36O9/c1-19(2)6-5-13(30-18-16(27)15(26)14(25)11(8-22)29-18)21(4)12(9-23)20(3,28)7-10(24)17(19)21/h11-18,22-23,25-28H,5-9H2,1-4H3. The zero-order chi connectivity index (χ0) is 22.6. The first-order chi connectivity index (χ1) is 13.8. The van der Waals surface area contributed by atoms with Crippen molar-refractivity contribution < 1.29 is 44.9 Å². The van der Waals surface area contributed by atoms with Crippen molar-refractivity contribution >= 4 is 5.78 Å². The van der Waals surface area contributed by atoms with Crippen molar-refractivity contribution in [3.63, 3.8) is 0 Å². The molecule has 10 unspecified atom stereocenters. The van der Waals surface area contributed by atoms with Crippen LogP contribution in [-0.2, 0) is 14.3 Å². The van der Waals surface area contributed by atoms with E-state index in [1.54, 1.807) is 6.92 Å². The summed E-state index contributed by atoms with van der Waals surface area (Å²) in [6.45, 7) is 6.42. The third kappa shape index (κ3) is 3.63. The van der Waals surface area contributed by atoms with Gasteiger partial charge in [0.15, 0.2) is 6.29 Å². The molecule has 6 N–H and O–H groups in total. The van der Waals surface area contributed by atoms with Gasteiger partial charge in [0.05, 0.1) is 18.3 Å². The maximum absolute atomic E-state index is 13.1. The number of ketones is 1. The van der Waals surface area contributed by atoms with E-state index in [0.29, 0.717) is 12.8 Å². The molecule has 30 heavy (non-hydrogen) atoms. The molecule has 2 aliphatic carbocycles. The monoisotopic (exact) mass is 432 g/mol. The predicted molar refractivity (Wildman–Crippen MR) is 104 cm³/mol. The van der Waals surface area contributed by atoms with Crippen molar-refractivity contribution in [2.45, 2.75) is 89.4 Å². The fraction of sp³-hybridized carbons (Fsp3) is 0.952. The van der Waals surface area contributed by atoms with Crippen LogP contribution in [0.3, 0.4) is 0 Å². The van der Waals surface area contributed by atoms with E-state index in [1.807, 2.05) is 20.8 Å². The van der Waals surface area contributed by atoms with Gasteiger partial charge in [-0.25, -0.2) is 0 Å². The molecule has 0 bridgehead atoms. The van der Waals surface area contributed by atoms with Gasteiger partial charge in [-0.3, -0.25) is 4.79 Å². The maximum Gasteiger partial charge on any atom is 0.186 e. The number of Topliss-reactive ketones (excluding diaryl/α,β-unsaturated/α-hetero) is 1. The van der Waals surface area contributed by atoms with Gasteiger partial charge in [-0.2, -0.15) is 0 Å². The SMILES string of the molecule is CC1(C)CCC(OC2OC(CO)C(O)C(O)C2O)C2(C)C1C(=O)CC(C)(O)C2CO. The molecule has 0 amide bonds. The number of carbonyl (C=O) groups is 1. The Balaban J connectivity index is 1.97. The lowest BCUT2D eigenvalue weighted by molar-refractivity contribution is -0.334. The Kier molecular flexibility index (Phi) is 6.43. The normalized spacial score (nSPS) is 51.5. The topological polar surface area (TPSA) is 157 Å². The summed E-state index contributed by atoms with van der Waals surface area (Å²) in [5.41, 5.74) is -2.78. The number of aliphatic hydroxyl groups excluding tert-OH is 5. The second kappa shape index (κ2) is 8.04. The van der Waals surface area contributed by atoms with Gasteiger partial charge in [-0.05, 0) is 25.2 Å². The number of hydrogen-bond donors (Lipinski definition) is 6. The van der Waals surface area contributed by atoms with E-state index >= 15 is 0 Å². The zero-order valence-electron chi connectivity index (χ0n) is 18.1. The van der Waals surface area contributed by atoms with Gasteiger partial charge in [0, 0.05) is 30.3 Å². The average molecular weight is 433 g/mol. The quantitative estimate of drug-likeness (QED) is 0.326. The van der Waals surface area contributed by atoms with E-state index in [4.69, 9.17) is 9.47 Å². The highest BCUT2D eigenvalue weighted by Gasteiger charge is 2.66. The van der Waals surface area contributed by atoms with Gasteiger partial charge in [-0.15, -0.1) is 0 Å². The van der Waals surface area contributed by atoms with Crippen LogP contribution < -0.4 is 0 Å². The van der Waals surface area contributed by atoms with Gasteiger partial charge in [0.25, 0.3) is 0 Å². The summed E-state index contributed by atoms with van der Waals surface area (Å²) in [6, 6.07) is 0. The minimum atomic E-state index is -1.57. The van der Waals surface area contributed by atoms with Crippen LogP contribution in [0.5, 0.6) is 0 Å². The molecule has 174 valence electrons. The molecule has 1 aliphatic heterocycles. The van der Waals surface area contributed by atoms with Gasteiger partial charge >= 0.3 is 0 Å². The van der Waals surface area contributed by atoms with Crippen LogP contribution in [0.4, 0.5) is 0 Å². The van der Waals surface area contributed by atoms with E-state index in [1.165, 1.54) is 0 Å². The molecule has 1 saturated heterocycles. The van der Waals surface area contributed by atoms with Crippen molar-refractivity contribution in [3.8, 4) is 0 Å². The molecular formula is C21H36O9. The zero-order valence-corrected chi connectivity index (χ0v) is 18.1. The lowest BCUT2D eigenvalue weighted by atomic mass is 9.44. The molecule has 9 nitrogen and oxygen atoms in total. The van der Waals surface area contributed by atoms with Crippen molar-refractivity contribution in [2.75, 3.05) is 13.2 Å². The maximum atomic E-state index is 13.1. The first-order valence-corrected chi connectivity index (χ1v) is 10.6. The summed E-state index contributed by atoms with van der Waals surface area (Å²) in [7, 11) is 0. The Morgan fingerprint density at radius 2 is 1.67 bits per heavy atom. The van der Waals surface area contributed by atoms with Crippen LogP contribution in [0.25, 0.3) is 0 Å². The first kappa shape index (κ1) is 24.0. The minimum Gasteiger partial charge on any atom is -0.396 e. The summed E-state index contributed by atoms with van der Waals surface area (Å²) in [4.78, 5) is 13.1. The molecule has 0 aromatic heterocycles. The van der Waals surface area contributed by atoms with Crippen LogP contribution in [-0.4, -0.2) is 92.0 Å². The fourth-order valence-electron chi connectivity index (χ4n) is 6.39. The highest BCUT2D eigenvalue weighted by Crippen LogP contribution is 2.61. The average Bonchev–Trinajstić information content (AvgIpc) is 2.62. The van der Waals surface area contributed by atoms with Crippen molar-refractivity contribution in [3.05, 3.63) is 0 Å². The van der Waals surface area contributed by atoms with Crippen LogP contribution >= 0.6 is 0 Å². The van der Waals surface area contributed by atoms with E-state index in [9.17, 15) is 35.4 Å². The summed E-state index contributed by atoms with van der Waals surface area (Å²) >= 11 is 0. The second-order valence-corrected chi connectivity index (χ2v) is 10.4. The van der Waals surface area contributed by atoms with Gasteiger partial charge in [-0.1, -0.05) is 20.8 Å². The van der Waals surface area contributed by atoms with E-state index in [2.05, 4.69) is 0 Å². The number of rotatable bonds is 4. The number of hydrogen-bond acceptors (Lipinski definition) is 9. The molecule has 0 aromatic carbocycles. The molecule has 1 heterocycles. The van der Waals surface area contributed by atoms with Crippen LogP contribution in [0.1, 0.15) is 47.0 Å². The largest absolute Gasteiger partial charge is 0.396 e. The van der Waals surface area contributed by atoms with Gasteiger partial charge in [0.2, 0.25) is 0 Å². The highest BCUT2D eigenvalue weighted by atomic mass is 16.7. The Bertz CT molecular complexity index is 646. The van der Waals surface area contributed by atoms with Crippen molar-refractivity contribution in [1.29, 1.82) is 0 Å². The third-order valence-corrected chi connectivity index (χ3v) is 7.83. The Morgan fingerprint density at radius 3 is 2.23 bits per heavy atom. The first-order valence-electron chi connectivity index (χ1n) is 10.6. The van der Waals surface area contributed by atoms with Crippen LogP contribution in [0, 0.1) is 22.7 Å². The molecular weight excluding hydrogens is 396 g/mol. The Hall–Kier alpha value is -0.650. The third-order valence-electron chi connectivity index (χ3n) is 7.83. The summed E-state index contributed by atoms with van der Waals surface area (Å²) < 4.78 is 11.6. The summed E-state index contributed by atoms with van der Waals surface area (Å²) in [5, 5.41) is 61.1. The highest BCUT2D eigenvalue weighted by molar-refractivity contribution is 5.85. The Morgan fingerprint density at radius 1 is 1.03 bits per heavy atom. The predicted octanol–water partition coefficient (Wildman–Crippen LogP) is -1.05. The van der Waals surface area contributed by atoms with Crippen LogP contribution in [0.15, 0.2) is 0 Å². The van der Waals surface area contributed by atoms with E-state index < -0.39 is 66.3 Å². The number of aliphatic hydroxyl groups is 6. The molecule has 0 aromatic rings. The molecule has 10 atom stereocenters. The molecule has 2 saturated carbocycles. The van der Waals surface area contributed by atoms with Gasteiger partial charge in [0.1, 0.15) is 30.2 Å². The minimum absolute atomic E-state index is 0.0608. The summed E-state index contributed by atoms with van der Waals surface area (Å²) in [6.07, 6.45) is -6.70. The molecule has 0 spiro atoms. The van der Waals surface area contributed by atoms with Crippen molar-refractivity contribution in [2.24, 2.45) is 22.7 Å². The number of fused-ring (bicyclic) bond motifs is 1. The molecule has 3 aliphatic rings. The molecule has 9 heteroatoms. The second-order valence-electron chi connectivity index (χ2n) is 10.4. The van der Waals surface area contributed by atoms with Gasteiger partial charge < -0.3 is 40.1 Å². The smallest absolute Gasteiger partial charge is 0.186 e. The van der Waals surface area contributed by atoms with E-state index in [0.717, 1.165) is 0 Å². The molecule has 0 radical (unpaired) electrons. The molecule has 3 rings (SSSR count). The Labute approximate surface area is 176 Å². The number of carbonyl (C=O) groups excluding carboxylic acids is 1. The lowest BCUT2D eigenvalue weighted by Gasteiger charge is -2.62. The molecule has 3 fully saturated rings.